The molecule has 0 aromatic heterocycles. The van der Waals surface area contributed by atoms with Gasteiger partial charge in [-0.2, -0.15) is 5.26 Å². The third kappa shape index (κ3) is 3.10. The van der Waals surface area contributed by atoms with E-state index in [4.69, 9.17) is 5.26 Å². The summed E-state index contributed by atoms with van der Waals surface area (Å²) in [6.45, 7) is 0.543. The Labute approximate surface area is 111 Å². The van der Waals surface area contributed by atoms with Crippen LogP contribution < -0.4 is 5.32 Å². The Morgan fingerprint density at radius 2 is 2.11 bits per heavy atom. The summed E-state index contributed by atoms with van der Waals surface area (Å²) in [6, 6.07) is 8.49. The second kappa shape index (κ2) is 5.53. The van der Waals surface area contributed by atoms with E-state index in [0.717, 1.165) is 0 Å². The van der Waals surface area contributed by atoms with Crippen LogP contribution in [0.1, 0.15) is 28.8 Å². The number of nitrogens with one attached hydrogen (secondary N) is 1. The Kier molecular flexibility index (Phi) is 3.81. The third-order valence-electron chi connectivity index (χ3n) is 3.24. The zero-order valence-corrected chi connectivity index (χ0v) is 10.7. The van der Waals surface area contributed by atoms with E-state index in [1.165, 1.54) is 0 Å². The fourth-order valence-electron chi connectivity index (χ4n) is 2.09. The molecule has 0 aliphatic carbocycles. The first-order chi connectivity index (χ1) is 9.10. The van der Waals surface area contributed by atoms with Gasteiger partial charge in [0.1, 0.15) is 0 Å². The van der Waals surface area contributed by atoms with Crippen LogP contribution in [-0.2, 0) is 4.79 Å². The molecule has 5 nitrogen and oxygen atoms in total. The normalized spacial score (nSPS) is 18.8. The highest BCUT2D eigenvalue weighted by Crippen LogP contribution is 2.11. The molecular formula is C14H15N3O2. The van der Waals surface area contributed by atoms with Gasteiger partial charge < -0.3 is 10.2 Å². The molecule has 5 heteroatoms. The van der Waals surface area contributed by atoms with Gasteiger partial charge in [-0.25, -0.2) is 0 Å². The summed E-state index contributed by atoms with van der Waals surface area (Å²) >= 11 is 0. The summed E-state index contributed by atoms with van der Waals surface area (Å²) < 4.78 is 0. The zero-order valence-electron chi connectivity index (χ0n) is 10.7. The summed E-state index contributed by atoms with van der Waals surface area (Å²) in [4.78, 5) is 25.0. The molecule has 1 aliphatic heterocycles. The van der Waals surface area contributed by atoms with E-state index in [1.54, 1.807) is 36.2 Å². The number of carbonyl (C=O) groups excluding carboxylic acids is 2. The van der Waals surface area contributed by atoms with E-state index in [2.05, 4.69) is 5.32 Å². The minimum absolute atomic E-state index is 0.00848. The molecule has 19 heavy (non-hydrogen) atoms. The van der Waals surface area contributed by atoms with Crippen molar-refractivity contribution in [3.05, 3.63) is 35.4 Å². The lowest BCUT2D eigenvalue weighted by Gasteiger charge is -2.30. The summed E-state index contributed by atoms with van der Waals surface area (Å²) in [5, 5.41) is 11.6. The van der Waals surface area contributed by atoms with Crippen LogP contribution in [0.25, 0.3) is 0 Å². The molecular weight excluding hydrogens is 242 g/mol. The molecule has 1 N–H and O–H groups in total. The number of amides is 2. The minimum Gasteiger partial charge on any atom is -0.348 e. The van der Waals surface area contributed by atoms with Crippen molar-refractivity contribution < 1.29 is 9.59 Å². The molecule has 0 spiro atoms. The predicted molar refractivity (Wildman–Crippen MR) is 69.3 cm³/mol. The fraction of sp³-hybridized carbons (Fsp3) is 0.357. The van der Waals surface area contributed by atoms with Crippen molar-refractivity contribution in [1.29, 1.82) is 5.26 Å². The lowest BCUT2D eigenvalue weighted by Crippen LogP contribution is -2.48. The van der Waals surface area contributed by atoms with Crippen molar-refractivity contribution in [1.82, 2.24) is 10.2 Å². The van der Waals surface area contributed by atoms with Gasteiger partial charge in [0.05, 0.1) is 11.6 Å². The van der Waals surface area contributed by atoms with Gasteiger partial charge in [-0.3, -0.25) is 9.59 Å². The quantitative estimate of drug-likeness (QED) is 0.855. The lowest BCUT2D eigenvalue weighted by molar-refractivity contribution is -0.132. The molecule has 98 valence electrons. The molecule has 1 fully saturated rings. The second-order valence-electron chi connectivity index (χ2n) is 4.67. The van der Waals surface area contributed by atoms with Gasteiger partial charge in [-0.05, 0) is 30.7 Å². The van der Waals surface area contributed by atoms with Crippen LogP contribution in [0, 0.1) is 11.3 Å². The lowest BCUT2D eigenvalue weighted by atomic mass is 10.0. The van der Waals surface area contributed by atoms with Crippen molar-refractivity contribution in [2.75, 3.05) is 13.6 Å². The molecule has 2 amide bonds. The van der Waals surface area contributed by atoms with Crippen molar-refractivity contribution >= 4 is 11.8 Å². The fourth-order valence-corrected chi connectivity index (χ4v) is 2.09. The molecule has 1 aromatic rings. The van der Waals surface area contributed by atoms with Gasteiger partial charge in [-0.15, -0.1) is 0 Å². The van der Waals surface area contributed by atoms with Crippen LogP contribution >= 0.6 is 0 Å². The topological polar surface area (TPSA) is 73.2 Å². The first kappa shape index (κ1) is 13.1. The number of nitriles is 1. The molecule has 1 atom stereocenters. The number of benzene rings is 1. The number of nitrogens with zero attached hydrogens (tertiary/aromatic N) is 2. The van der Waals surface area contributed by atoms with E-state index in [1.807, 2.05) is 6.07 Å². The highest BCUT2D eigenvalue weighted by atomic mass is 16.2. The van der Waals surface area contributed by atoms with Gasteiger partial charge in [0.15, 0.2) is 0 Å². The number of hydrogen-bond donors (Lipinski definition) is 1. The third-order valence-corrected chi connectivity index (χ3v) is 3.24. The maximum absolute atomic E-state index is 12.0. The van der Waals surface area contributed by atoms with Crippen LogP contribution in [0.4, 0.5) is 0 Å². The molecule has 1 aromatic carbocycles. The monoisotopic (exact) mass is 257 g/mol. The molecule has 1 aliphatic rings. The van der Waals surface area contributed by atoms with E-state index >= 15 is 0 Å². The van der Waals surface area contributed by atoms with E-state index in [0.29, 0.717) is 30.5 Å². The van der Waals surface area contributed by atoms with Gasteiger partial charge in [0.25, 0.3) is 5.91 Å². The summed E-state index contributed by atoms with van der Waals surface area (Å²) in [7, 11) is 1.74. The number of piperidine rings is 1. The summed E-state index contributed by atoms with van der Waals surface area (Å²) in [5.74, 6) is -0.0545. The first-order valence-electron chi connectivity index (χ1n) is 6.15. The number of likely N-dealkylation sites (N-methyl/N-ethyl adjacent to an activating group) is 1. The van der Waals surface area contributed by atoms with Crippen LogP contribution in [0.15, 0.2) is 24.3 Å². The molecule has 0 radical (unpaired) electrons. The highest BCUT2D eigenvalue weighted by molar-refractivity contribution is 5.94. The highest BCUT2D eigenvalue weighted by Gasteiger charge is 2.24. The van der Waals surface area contributed by atoms with Gasteiger partial charge in [0.2, 0.25) is 5.91 Å². The molecule has 2 rings (SSSR count). The van der Waals surface area contributed by atoms with E-state index in [-0.39, 0.29) is 17.9 Å². The Morgan fingerprint density at radius 1 is 1.42 bits per heavy atom. The van der Waals surface area contributed by atoms with Crippen molar-refractivity contribution in [2.45, 2.75) is 18.9 Å². The maximum Gasteiger partial charge on any atom is 0.251 e. The van der Waals surface area contributed by atoms with E-state index < -0.39 is 0 Å². The summed E-state index contributed by atoms with van der Waals surface area (Å²) in [6.07, 6.45) is 1.14. The first-order valence-corrected chi connectivity index (χ1v) is 6.15. The number of carbonyl (C=O) groups is 2. The number of rotatable bonds is 2. The largest absolute Gasteiger partial charge is 0.348 e. The zero-order chi connectivity index (χ0) is 13.8. The maximum atomic E-state index is 12.0. The standard InChI is InChI=1S/C14H15N3O2/c1-17-9-12(6-7-13(17)18)16-14(19)11-4-2-10(8-15)3-5-11/h2-5,12H,6-7,9H2,1H3,(H,16,19). The minimum atomic E-state index is -0.169. The van der Waals surface area contributed by atoms with Crippen LogP contribution in [-0.4, -0.2) is 36.3 Å². The van der Waals surface area contributed by atoms with E-state index in [9.17, 15) is 9.59 Å². The predicted octanol–water partition coefficient (Wildman–Crippen LogP) is 0.909. The van der Waals surface area contributed by atoms with Crippen LogP contribution in [0.5, 0.6) is 0 Å². The molecule has 1 unspecified atom stereocenters. The number of likely N-dealkylation sites (tertiary alicyclic amines) is 1. The second-order valence-corrected chi connectivity index (χ2v) is 4.67. The number of hydrogen-bond acceptors (Lipinski definition) is 3. The average molecular weight is 257 g/mol. The van der Waals surface area contributed by atoms with Crippen LogP contribution in [0.2, 0.25) is 0 Å². The van der Waals surface area contributed by atoms with Crippen LogP contribution in [0.3, 0.4) is 0 Å². The summed E-state index contributed by atoms with van der Waals surface area (Å²) in [5.41, 5.74) is 1.05. The van der Waals surface area contributed by atoms with Crippen molar-refractivity contribution in [3.63, 3.8) is 0 Å². The Balaban J connectivity index is 1.97. The molecule has 1 saturated heterocycles. The Bertz CT molecular complexity index is 531. The molecule has 1 heterocycles. The molecule has 0 saturated carbocycles. The average Bonchev–Trinajstić information content (AvgIpc) is 2.43. The Morgan fingerprint density at radius 3 is 2.68 bits per heavy atom. The van der Waals surface area contributed by atoms with Crippen molar-refractivity contribution in [2.24, 2.45) is 0 Å². The van der Waals surface area contributed by atoms with Gasteiger partial charge >= 0.3 is 0 Å². The van der Waals surface area contributed by atoms with Gasteiger partial charge in [0, 0.05) is 31.6 Å². The SMILES string of the molecule is CN1CC(NC(=O)c2ccc(C#N)cc2)CCC1=O. The van der Waals surface area contributed by atoms with Gasteiger partial charge in [-0.1, -0.05) is 0 Å². The van der Waals surface area contributed by atoms with Crippen molar-refractivity contribution in [3.8, 4) is 6.07 Å². The smallest absolute Gasteiger partial charge is 0.251 e. The molecule has 0 bridgehead atoms. The Hall–Kier alpha value is -2.35.